The van der Waals surface area contributed by atoms with Gasteiger partial charge >= 0.3 is 0 Å². The molecule has 0 radical (unpaired) electrons. The van der Waals surface area contributed by atoms with Gasteiger partial charge in [-0.3, -0.25) is 0 Å². The van der Waals surface area contributed by atoms with Crippen molar-refractivity contribution in [2.24, 2.45) is 0 Å². The molecule has 0 aliphatic carbocycles. The van der Waals surface area contributed by atoms with E-state index in [1.807, 2.05) is 48.5 Å². The highest BCUT2D eigenvalue weighted by molar-refractivity contribution is 6.30. The molecule has 1 N–H and O–H groups in total. The number of aromatic amines is 1. The van der Waals surface area contributed by atoms with Crippen LogP contribution in [0.1, 0.15) is 0 Å². The lowest BCUT2D eigenvalue weighted by atomic mass is 10.0. The predicted molar refractivity (Wildman–Crippen MR) is 92.0 cm³/mol. The van der Waals surface area contributed by atoms with E-state index < -0.39 is 0 Å². The number of aromatic nitrogens is 2. The fourth-order valence-electron chi connectivity index (χ4n) is 2.60. The number of halogens is 1. The summed E-state index contributed by atoms with van der Waals surface area (Å²) in [4.78, 5) is 8.02. The first kappa shape index (κ1) is 13.1. The normalized spacial score (nSPS) is 11.0. The molecular formula is C19H13ClN2. The lowest BCUT2D eigenvalue weighted by Gasteiger charge is -2.04. The minimum atomic E-state index is 0.742. The Bertz CT molecular complexity index is 923. The van der Waals surface area contributed by atoms with Gasteiger partial charge in [0.05, 0.1) is 11.0 Å². The van der Waals surface area contributed by atoms with E-state index in [4.69, 9.17) is 11.6 Å². The standard InChI is InChI=1S/C19H13ClN2/c20-16-8-4-6-14(12-16)13-5-3-7-15(11-13)19-21-17-9-1-2-10-18(17)22-19/h1-12H,(H,21,22). The molecule has 0 unspecified atom stereocenters. The number of benzene rings is 3. The molecule has 0 spiro atoms. The highest BCUT2D eigenvalue weighted by atomic mass is 35.5. The third kappa shape index (κ3) is 2.38. The van der Waals surface area contributed by atoms with Gasteiger partial charge in [0.1, 0.15) is 5.82 Å². The zero-order valence-corrected chi connectivity index (χ0v) is 12.5. The summed E-state index contributed by atoms with van der Waals surface area (Å²) in [5.41, 5.74) is 5.32. The van der Waals surface area contributed by atoms with Crippen molar-refractivity contribution in [3.05, 3.63) is 77.8 Å². The highest BCUT2D eigenvalue weighted by Gasteiger charge is 2.06. The van der Waals surface area contributed by atoms with Gasteiger partial charge < -0.3 is 4.98 Å². The number of fused-ring (bicyclic) bond motifs is 1. The first-order valence-corrected chi connectivity index (χ1v) is 7.48. The summed E-state index contributed by atoms with van der Waals surface area (Å²) >= 11 is 6.09. The molecule has 0 bridgehead atoms. The van der Waals surface area contributed by atoms with Gasteiger partial charge in [0.15, 0.2) is 0 Å². The van der Waals surface area contributed by atoms with E-state index >= 15 is 0 Å². The second-order valence-corrected chi connectivity index (χ2v) is 5.63. The van der Waals surface area contributed by atoms with Gasteiger partial charge in [-0.1, -0.05) is 54.1 Å². The van der Waals surface area contributed by atoms with Crippen LogP contribution in [0.4, 0.5) is 0 Å². The zero-order chi connectivity index (χ0) is 14.9. The molecule has 1 heterocycles. The molecule has 4 aromatic rings. The Balaban J connectivity index is 1.81. The Morgan fingerprint density at radius 2 is 1.45 bits per heavy atom. The van der Waals surface area contributed by atoms with Crippen LogP contribution in [0.5, 0.6) is 0 Å². The summed E-state index contributed by atoms with van der Waals surface area (Å²) in [6.07, 6.45) is 0. The van der Waals surface area contributed by atoms with E-state index in [1.165, 1.54) is 0 Å². The van der Waals surface area contributed by atoms with Crippen LogP contribution in [-0.4, -0.2) is 9.97 Å². The van der Waals surface area contributed by atoms with Crippen molar-refractivity contribution in [1.29, 1.82) is 0 Å². The van der Waals surface area contributed by atoms with Crippen molar-refractivity contribution in [3.63, 3.8) is 0 Å². The van der Waals surface area contributed by atoms with Crippen LogP contribution in [0.3, 0.4) is 0 Å². The van der Waals surface area contributed by atoms with Gasteiger partial charge in [-0.25, -0.2) is 4.98 Å². The molecule has 0 saturated heterocycles. The summed E-state index contributed by atoms with van der Waals surface area (Å²) in [6.45, 7) is 0. The van der Waals surface area contributed by atoms with Crippen LogP contribution in [0.2, 0.25) is 5.02 Å². The molecule has 0 saturated carbocycles. The van der Waals surface area contributed by atoms with Crippen molar-refractivity contribution in [3.8, 4) is 22.5 Å². The number of nitrogens with one attached hydrogen (secondary N) is 1. The van der Waals surface area contributed by atoms with Crippen LogP contribution < -0.4 is 0 Å². The minimum absolute atomic E-state index is 0.742. The monoisotopic (exact) mass is 304 g/mol. The van der Waals surface area contributed by atoms with E-state index in [-0.39, 0.29) is 0 Å². The van der Waals surface area contributed by atoms with E-state index in [0.29, 0.717) is 0 Å². The number of imidazole rings is 1. The molecule has 0 fully saturated rings. The molecule has 0 amide bonds. The van der Waals surface area contributed by atoms with Crippen LogP contribution in [0, 0.1) is 0 Å². The van der Waals surface area contributed by atoms with E-state index in [9.17, 15) is 0 Å². The summed E-state index contributed by atoms with van der Waals surface area (Å²) in [5.74, 6) is 0.880. The number of hydrogen-bond donors (Lipinski definition) is 1. The molecule has 3 heteroatoms. The average Bonchev–Trinajstić information content (AvgIpc) is 2.99. The number of nitrogens with zero attached hydrogens (tertiary/aromatic N) is 1. The topological polar surface area (TPSA) is 28.7 Å². The van der Waals surface area contributed by atoms with Gasteiger partial charge in [0, 0.05) is 10.6 Å². The number of H-pyrrole nitrogens is 1. The Kier molecular flexibility index (Phi) is 3.17. The van der Waals surface area contributed by atoms with Crippen LogP contribution >= 0.6 is 11.6 Å². The molecule has 4 rings (SSSR count). The van der Waals surface area contributed by atoms with Crippen LogP contribution in [-0.2, 0) is 0 Å². The molecule has 106 valence electrons. The molecule has 3 aromatic carbocycles. The minimum Gasteiger partial charge on any atom is -0.338 e. The number of rotatable bonds is 2. The molecule has 0 aliphatic rings. The summed E-state index contributed by atoms with van der Waals surface area (Å²) < 4.78 is 0. The lowest BCUT2D eigenvalue weighted by Crippen LogP contribution is -1.83. The van der Waals surface area contributed by atoms with Crippen molar-refractivity contribution < 1.29 is 0 Å². The molecule has 0 aliphatic heterocycles. The Morgan fingerprint density at radius 1 is 0.727 bits per heavy atom. The summed E-state index contributed by atoms with van der Waals surface area (Å²) in [7, 11) is 0. The summed E-state index contributed by atoms with van der Waals surface area (Å²) in [6, 6.07) is 24.2. The van der Waals surface area contributed by atoms with Crippen molar-refractivity contribution in [2.75, 3.05) is 0 Å². The van der Waals surface area contributed by atoms with E-state index in [0.717, 1.165) is 38.6 Å². The fraction of sp³-hybridized carbons (Fsp3) is 0. The van der Waals surface area contributed by atoms with E-state index in [2.05, 4.69) is 34.2 Å². The Labute approximate surface area is 133 Å². The van der Waals surface area contributed by atoms with Crippen LogP contribution in [0.15, 0.2) is 72.8 Å². The largest absolute Gasteiger partial charge is 0.338 e. The maximum absolute atomic E-state index is 6.09. The SMILES string of the molecule is Clc1cccc(-c2cccc(-c3nc4ccccc4[nH]3)c2)c1. The molecular weight excluding hydrogens is 292 g/mol. The third-order valence-corrected chi connectivity index (χ3v) is 3.92. The van der Waals surface area contributed by atoms with Gasteiger partial charge in [-0.05, 0) is 41.5 Å². The predicted octanol–water partition coefficient (Wildman–Crippen LogP) is 5.55. The number of hydrogen-bond acceptors (Lipinski definition) is 1. The average molecular weight is 305 g/mol. The Hall–Kier alpha value is -2.58. The van der Waals surface area contributed by atoms with Crippen LogP contribution in [0.25, 0.3) is 33.5 Å². The van der Waals surface area contributed by atoms with Gasteiger partial charge in [-0.2, -0.15) is 0 Å². The van der Waals surface area contributed by atoms with E-state index in [1.54, 1.807) is 0 Å². The second kappa shape index (κ2) is 5.32. The molecule has 0 atom stereocenters. The lowest BCUT2D eigenvalue weighted by molar-refractivity contribution is 1.34. The Morgan fingerprint density at radius 3 is 2.27 bits per heavy atom. The highest BCUT2D eigenvalue weighted by Crippen LogP contribution is 2.27. The van der Waals surface area contributed by atoms with Crippen molar-refractivity contribution >= 4 is 22.6 Å². The second-order valence-electron chi connectivity index (χ2n) is 5.19. The smallest absolute Gasteiger partial charge is 0.138 e. The number of para-hydroxylation sites is 2. The maximum atomic E-state index is 6.09. The quantitative estimate of drug-likeness (QED) is 0.516. The summed E-state index contributed by atoms with van der Waals surface area (Å²) in [5, 5.41) is 0.742. The molecule has 2 nitrogen and oxygen atoms in total. The fourth-order valence-corrected chi connectivity index (χ4v) is 2.79. The molecule has 22 heavy (non-hydrogen) atoms. The third-order valence-electron chi connectivity index (χ3n) is 3.68. The van der Waals surface area contributed by atoms with Crippen molar-refractivity contribution in [2.45, 2.75) is 0 Å². The first-order valence-electron chi connectivity index (χ1n) is 7.11. The maximum Gasteiger partial charge on any atom is 0.138 e. The van der Waals surface area contributed by atoms with Crippen molar-refractivity contribution in [1.82, 2.24) is 9.97 Å². The van der Waals surface area contributed by atoms with Gasteiger partial charge in [-0.15, -0.1) is 0 Å². The zero-order valence-electron chi connectivity index (χ0n) is 11.8. The van der Waals surface area contributed by atoms with Gasteiger partial charge in [0.25, 0.3) is 0 Å². The molecule has 1 aromatic heterocycles. The first-order chi connectivity index (χ1) is 10.8. The van der Waals surface area contributed by atoms with Gasteiger partial charge in [0.2, 0.25) is 0 Å².